The van der Waals surface area contributed by atoms with Crippen molar-refractivity contribution in [2.75, 3.05) is 13.1 Å². The molecular formula is C15H17N3OS. The zero-order chi connectivity index (χ0) is 13.9. The molecule has 0 spiro atoms. The molecule has 1 fully saturated rings. The number of aromatic nitrogens is 2. The fourth-order valence-electron chi connectivity index (χ4n) is 2.37. The summed E-state index contributed by atoms with van der Waals surface area (Å²) in [5, 5.41) is 2.70. The van der Waals surface area contributed by atoms with Crippen LogP contribution in [-0.2, 0) is 0 Å². The average molecular weight is 287 g/mol. The number of carbonyl (C=O) groups is 1. The number of hydrogen-bond donors (Lipinski definition) is 0. The molecule has 0 N–H and O–H groups in total. The number of amides is 1. The molecule has 0 radical (unpaired) electrons. The fraction of sp³-hybridized carbons (Fsp3) is 0.400. The van der Waals surface area contributed by atoms with E-state index < -0.39 is 0 Å². The third-order valence-electron chi connectivity index (χ3n) is 3.70. The molecule has 104 valence electrons. The normalized spacial score (nSPS) is 16.4. The molecule has 5 heteroatoms. The molecular weight excluding hydrogens is 270 g/mol. The molecule has 0 saturated carbocycles. The number of likely N-dealkylation sites (tertiary alicyclic amines) is 1. The highest BCUT2D eigenvalue weighted by molar-refractivity contribution is 7.13. The van der Waals surface area contributed by atoms with Gasteiger partial charge in [-0.25, -0.2) is 4.98 Å². The SMILES string of the molecule is CC1CCN(C(=O)c2csc(-c3cccnc3)n2)CC1. The molecule has 1 aliphatic rings. The van der Waals surface area contributed by atoms with Crippen molar-refractivity contribution in [1.82, 2.24) is 14.9 Å². The van der Waals surface area contributed by atoms with E-state index in [0.717, 1.165) is 42.4 Å². The molecule has 0 unspecified atom stereocenters. The first-order chi connectivity index (χ1) is 9.74. The van der Waals surface area contributed by atoms with Gasteiger partial charge >= 0.3 is 0 Å². The second-order valence-electron chi connectivity index (χ2n) is 5.25. The predicted molar refractivity (Wildman–Crippen MR) is 79.6 cm³/mol. The minimum Gasteiger partial charge on any atom is -0.337 e. The summed E-state index contributed by atoms with van der Waals surface area (Å²) in [6.07, 6.45) is 5.68. The second-order valence-corrected chi connectivity index (χ2v) is 6.11. The van der Waals surface area contributed by atoms with Crippen LogP contribution in [-0.4, -0.2) is 33.9 Å². The first kappa shape index (κ1) is 13.2. The lowest BCUT2D eigenvalue weighted by molar-refractivity contribution is 0.0692. The maximum Gasteiger partial charge on any atom is 0.273 e. The summed E-state index contributed by atoms with van der Waals surface area (Å²) in [5.41, 5.74) is 1.52. The number of thiazole rings is 1. The second kappa shape index (κ2) is 5.71. The van der Waals surface area contributed by atoms with Crippen LogP contribution in [0, 0.1) is 5.92 Å². The van der Waals surface area contributed by atoms with Gasteiger partial charge in [0.1, 0.15) is 10.7 Å². The Morgan fingerprint density at radius 3 is 2.90 bits per heavy atom. The lowest BCUT2D eigenvalue weighted by Crippen LogP contribution is -2.38. The molecule has 0 aromatic carbocycles. The Morgan fingerprint density at radius 2 is 2.20 bits per heavy atom. The lowest BCUT2D eigenvalue weighted by atomic mass is 9.99. The predicted octanol–water partition coefficient (Wildman–Crippen LogP) is 3.08. The lowest BCUT2D eigenvalue weighted by Gasteiger charge is -2.29. The minimum absolute atomic E-state index is 0.0586. The number of pyridine rings is 1. The van der Waals surface area contributed by atoms with Gasteiger partial charge in [0, 0.05) is 36.4 Å². The topological polar surface area (TPSA) is 46.1 Å². The molecule has 2 aromatic rings. The van der Waals surface area contributed by atoms with E-state index in [1.807, 2.05) is 22.4 Å². The van der Waals surface area contributed by atoms with Crippen LogP contribution in [0.4, 0.5) is 0 Å². The Balaban J connectivity index is 1.75. The van der Waals surface area contributed by atoms with E-state index in [4.69, 9.17) is 0 Å². The van der Waals surface area contributed by atoms with Crippen molar-refractivity contribution in [3.63, 3.8) is 0 Å². The largest absolute Gasteiger partial charge is 0.337 e. The smallest absolute Gasteiger partial charge is 0.273 e. The van der Waals surface area contributed by atoms with Crippen LogP contribution in [0.2, 0.25) is 0 Å². The van der Waals surface area contributed by atoms with Crippen molar-refractivity contribution < 1.29 is 4.79 Å². The van der Waals surface area contributed by atoms with Crippen LogP contribution in [0.1, 0.15) is 30.3 Å². The monoisotopic (exact) mass is 287 g/mol. The number of piperidine rings is 1. The standard InChI is InChI=1S/C15H17N3OS/c1-11-4-7-18(8-5-11)15(19)13-10-20-14(17-13)12-3-2-6-16-9-12/h2-3,6,9-11H,4-5,7-8H2,1H3. The van der Waals surface area contributed by atoms with E-state index in [9.17, 15) is 4.79 Å². The molecule has 3 rings (SSSR count). The highest BCUT2D eigenvalue weighted by Gasteiger charge is 2.23. The van der Waals surface area contributed by atoms with Gasteiger partial charge in [0.25, 0.3) is 5.91 Å². The van der Waals surface area contributed by atoms with Crippen LogP contribution in [0.5, 0.6) is 0 Å². The molecule has 1 amide bonds. The van der Waals surface area contributed by atoms with Crippen molar-refractivity contribution in [3.05, 3.63) is 35.6 Å². The molecule has 1 saturated heterocycles. The Labute approximate surface area is 122 Å². The van der Waals surface area contributed by atoms with Crippen molar-refractivity contribution in [2.24, 2.45) is 5.92 Å². The summed E-state index contributed by atoms with van der Waals surface area (Å²) in [5.74, 6) is 0.781. The molecule has 1 aliphatic heterocycles. The van der Waals surface area contributed by atoms with E-state index in [2.05, 4.69) is 16.9 Å². The van der Waals surface area contributed by atoms with Crippen molar-refractivity contribution in [3.8, 4) is 10.6 Å². The zero-order valence-corrected chi connectivity index (χ0v) is 12.3. The maximum atomic E-state index is 12.4. The van der Waals surface area contributed by atoms with Gasteiger partial charge in [-0.05, 0) is 30.9 Å². The van der Waals surface area contributed by atoms with Gasteiger partial charge in [-0.2, -0.15) is 0 Å². The van der Waals surface area contributed by atoms with Crippen LogP contribution in [0.15, 0.2) is 29.9 Å². The number of hydrogen-bond acceptors (Lipinski definition) is 4. The Kier molecular flexibility index (Phi) is 3.78. The summed E-state index contributed by atoms with van der Waals surface area (Å²) in [7, 11) is 0. The maximum absolute atomic E-state index is 12.4. The van der Waals surface area contributed by atoms with Crippen LogP contribution in [0.25, 0.3) is 10.6 Å². The minimum atomic E-state index is 0.0586. The van der Waals surface area contributed by atoms with Gasteiger partial charge in [-0.3, -0.25) is 9.78 Å². The van der Waals surface area contributed by atoms with E-state index >= 15 is 0 Å². The summed E-state index contributed by atoms with van der Waals surface area (Å²) in [6.45, 7) is 3.94. The van der Waals surface area contributed by atoms with Gasteiger partial charge in [0.15, 0.2) is 0 Å². The van der Waals surface area contributed by atoms with E-state index in [1.165, 1.54) is 11.3 Å². The van der Waals surface area contributed by atoms with Crippen LogP contribution < -0.4 is 0 Å². The molecule has 0 bridgehead atoms. The quantitative estimate of drug-likeness (QED) is 0.852. The summed E-state index contributed by atoms with van der Waals surface area (Å²) < 4.78 is 0. The highest BCUT2D eigenvalue weighted by atomic mass is 32.1. The Morgan fingerprint density at radius 1 is 1.40 bits per heavy atom. The summed E-state index contributed by atoms with van der Waals surface area (Å²) in [6, 6.07) is 3.84. The van der Waals surface area contributed by atoms with Gasteiger partial charge in [-0.1, -0.05) is 6.92 Å². The molecule has 4 nitrogen and oxygen atoms in total. The van der Waals surface area contributed by atoms with Crippen LogP contribution in [0.3, 0.4) is 0 Å². The molecule has 20 heavy (non-hydrogen) atoms. The third-order valence-corrected chi connectivity index (χ3v) is 4.59. The molecule has 0 atom stereocenters. The van der Waals surface area contributed by atoms with Gasteiger partial charge in [-0.15, -0.1) is 11.3 Å². The van der Waals surface area contributed by atoms with Crippen molar-refractivity contribution >= 4 is 17.2 Å². The summed E-state index contributed by atoms with van der Waals surface area (Å²) in [4.78, 5) is 22.9. The molecule has 3 heterocycles. The van der Waals surface area contributed by atoms with Crippen molar-refractivity contribution in [1.29, 1.82) is 0 Å². The highest BCUT2D eigenvalue weighted by Crippen LogP contribution is 2.24. The first-order valence-electron chi connectivity index (χ1n) is 6.89. The van der Waals surface area contributed by atoms with Gasteiger partial charge in [0.05, 0.1) is 0 Å². The third kappa shape index (κ3) is 2.72. The fourth-order valence-corrected chi connectivity index (χ4v) is 3.15. The Bertz CT molecular complexity index is 588. The summed E-state index contributed by atoms with van der Waals surface area (Å²) >= 11 is 1.50. The van der Waals surface area contributed by atoms with Crippen molar-refractivity contribution in [2.45, 2.75) is 19.8 Å². The number of nitrogens with zero attached hydrogens (tertiary/aromatic N) is 3. The van der Waals surface area contributed by atoms with Crippen LogP contribution >= 0.6 is 11.3 Å². The molecule has 0 aliphatic carbocycles. The van der Waals surface area contributed by atoms with E-state index in [-0.39, 0.29) is 5.91 Å². The number of rotatable bonds is 2. The average Bonchev–Trinajstić information content (AvgIpc) is 2.98. The molecule has 2 aromatic heterocycles. The van der Waals surface area contributed by atoms with Gasteiger partial charge in [0.2, 0.25) is 0 Å². The first-order valence-corrected chi connectivity index (χ1v) is 7.77. The Hall–Kier alpha value is -1.75. The van der Waals surface area contributed by atoms with Gasteiger partial charge < -0.3 is 4.90 Å². The number of carbonyl (C=O) groups excluding carboxylic acids is 1. The van der Waals surface area contributed by atoms with E-state index in [1.54, 1.807) is 12.4 Å². The van der Waals surface area contributed by atoms with E-state index in [0.29, 0.717) is 5.69 Å². The zero-order valence-electron chi connectivity index (χ0n) is 11.5.